The summed E-state index contributed by atoms with van der Waals surface area (Å²) >= 11 is 0. The molecule has 0 aliphatic heterocycles. The van der Waals surface area contributed by atoms with Gasteiger partial charge in [0, 0.05) is 0 Å². The van der Waals surface area contributed by atoms with Crippen molar-refractivity contribution in [3.05, 3.63) is 70.5 Å². The smallest absolute Gasteiger partial charge is 0.407 e. The Bertz CT molecular complexity index is 807. The number of fused-ring (bicyclic) bond motifs is 1. The third kappa shape index (κ3) is 3.47. The molecule has 0 saturated carbocycles. The second-order valence-electron chi connectivity index (χ2n) is 6.12. The highest BCUT2D eigenvalue weighted by Gasteiger charge is 2.35. The number of carboxylic acids is 1. The van der Waals surface area contributed by atoms with Gasteiger partial charge >= 0.3 is 12.1 Å². The molecule has 0 fully saturated rings. The van der Waals surface area contributed by atoms with Gasteiger partial charge in [0.2, 0.25) is 0 Å². The molecule has 0 saturated heterocycles. The summed E-state index contributed by atoms with van der Waals surface area (Å²) in [5.74, 6) is -1.78. The summed E-state index contributed by atoms with van der Waals surface area (Å²) in [7, 11) is 0. The van der Waals surface area contributed by atoms with Crippen molar-refractivity contribution in [2.24, 2.45) is 0 Å². The van der Waals surface area contributed by atoms with Crippen molar-refractivity contribution in [1.82, 2.24) is 5.32 Å². The Morgan fingerprint density at radius 3 is 2.60 bits per heavy atom. The van der Waals surface area contributed by atoms with E-state index in [-0.39, 0.29) is 18.1 Å². The van der Waals surface area contributed by atoms with Gasteiger partial charge in [0.05, 0.1) is 11.6 Å². The Morgan fingerprint density at radius 2 is 1.92 bits per heavy atom. The minimum atomic E-state index is -1.14. The molecule has 2 atom stereocenters. The molecule has 0 spiro atoms. The average Bonchev–Trinajstić information content (AvgIpc) is 2.91. The van der Waals surface area contributed by atoms with Crippen LogP contribution in [0.3, 0.4) is 0 Å². The summed E-state index contributed by atoms with van der Waals surface area (Å²) in [5, 5.41) is 12.0. The van der Waals surface area contributed by atoms with E-state index in [9.17, 15) is 19.1 Å². The Morgan fingerprint density at radius 1 is 1.20 bits per heavy atom. The maximum absolute atomic E-state index is 14.1. The molecular formula is C19H18FNO4. The number of ether oxygens (including phenoxy) is 1. The van der Waals surface area contributed by atoms with Crippen molar-refractivity contribution >= 4 is 12.1 Å². The van der Waals surface area contributed by atoms with Gasteiger partial charge in [-0.2, -0.15) is 0 Å². The average molecular weight is 343 g/mol. The van der Waals surface area contributed by atoms with Crippen LogP contribution in [0, 0.1) is 5.82 Å². The van der Waals surface area contributed by atoms with Crippen LogP contribution in [0.4, 0.5) is 9.18 Å². The van der Waals surface area contributed by atoms with Crippen LogP contribution in [0.5, 0.6) is 0 Å². The number of halogens is 1. The Balaban J connectivity index is 1.76. The number of benzene rings is 2. The van der Waals surface area contributed by atoms with Gasteiger partial charge in [-0.25, -0.2) is 14.0 Å². The summed E-state index contributed by atoms with van der Waals surface area (Å²) in [6.07, 6.45) is -0.230. The molecule has 1 aliphatic carbocycles. The molecule has 0 bridgehead atoms. The lowest BCUT2D eigenvalue weighted by Crippen LogP contribution is -2.28. The van der Waals surface area contributed by atoms with E-state index in [0.29, 0.717) is 17.5 Å². The van der Waals surface area contributed by atoms with E-state index in [2.05, 4.69) is 5.32 Å². The molecule has 130 valence electrons. The lowest BCUT2D eigenvalue weighted by atomic mass is 9.98. The highest BCUT2D eigenvalue weighted by atomic mass is 19.1. The molecule has 0 aromatic heterocycles. The minimum absolute atomic E-state index is 0.00843. The van der Waals surface area contributed by atoms with Gasteiger partial charge in [0.1, 0.15) is 12.4 Å². The number of nitrogens with one attached hydrogen (secondary N) is 1. The topological polar surface area (TPSA) is 75.6 Å². The van der Waals surface area contributed by atoms with Crippen molar-refractivity contribution in [3.63, 3.8) is 0 Å². The summed E-state index contributed by atoms with van der Waals surface area (Å²) in [6, 6.07) is 11.0. The van der Waals surface area contributed by atoms with Gasteiger partial charge in [-0.15, -0.1) is 0 Å². The first kappa shape index (κ1) is 17.0. The van der Waals surface area contributed by atoms with Gasteiger partial charge in [-0.1, -0.05) is 37.3 Å². The minimum Gasteiger partial charge on any atom is -0.478 e. The highest BCUT2D eigenvalue weighted by Crippen LogP contribution is 2.43. The number of hydrogen-bond donors (Lipinski definition) is 2. The summed E-state index contributed by atoms with van der Waals surface area (Å²) < 4.78 is 19.3. The molecule has 25 heavy (non-hydrogen) atoms. The van der Waals surface area contributed by atoms with Crippen molar-refractivity contribution in [2.45, 2.75) is 31.9 Å². The number of aromatic carboxylic acids is 1. The standard InChI is InChI=1S/C19H18FNO4/c1-11-9-15(17-13(18(22)23)7-8-14(20)16(11)17)21-19(24)25-10-12-5-3-2-4-6-12/h2-8,11,15H,9-10H2,1H3,(H,21,24)(H,22,23)/t11-,15-/m0/s1. The molecule has 3 rings (SSSR count). The molecule has 6 heteroatoms. The Labute approximate surface area is 144 Å². The second kappa shape index (κ2) is 6.93. The van der Waals surface area contributed by atoms with Crippen LogP contribution < -0.4 is 5.32 Å². The maximum Gasteiger partial charge on any atom is 0.407 e. The number of alkyl carbamates (subject to hydrolysis) is 1. The lowest BCUT2D eigenvalue weighted by molar-refractivity contribution is 0.0694. The van der Waals surface area contributed by atoms with E-state index in [1.54, 1.807) is 0 Å². The van der Waals surface area contributed by atoms with Crippen LogP contribution in [0.25, 0.3) is 0 Å². The van der Waals surface area contributed by atoms with Crippen LogP contribution in [0.2, 0.25) is 0 Å². The van der Waals surface area contributed by atoms with Gasteiger partial charge in [0.25, 0.3) is 0 Å². The van der Waals surface area contributed by atoms with E-state index in [1.165, 1.54) is 6.07 Å². The zero-order valence-corrected chi connectivity index (χ0v) is 13.7. The Kier molecular flexibility index (Phi) is 4.70. The molecule has 2 N–H and O–H groups in total. The quantitative estimate of drug-likeness (QED) is 0.880. The van der Waals surface area contributed by atoms with Crippen LogP contribution in [0.15, 0.2) is 42.5 Å². The lowest BCUT2D eigenvalue weighted by Gasteiger charge is -2.16. The molecule has 0 heterocycles. The van der Waals surface area contributed by atoms with Gasteiger partial charge in [-0.3, -0.25) is 0 Å². The number of hydrogen-bond acceptors (Lipinski definition) is 3. The van der Waals surface area contributed by atoms with E-state index in [4.69, 9.17) is 4.74 Å². The molecule has 2 aromatic rings. The first-order valence-electron chi connectivity index (χ1n) is 8.00. The zero-order chi connectivity index (χ0) is 18.0. The fourth-order valence-electron chi connectivity index (χ4n) is 3.30. The molecule has 0 radical (unpaired) electrons. The maximum atomic E-state index is 14.1. The zero-order valence-electron chi connectivity index (χ0n) is 13.7. The Hall–Kier alpha value is -2.89. The molecular weight excluding hydrogens is 325 g/mol. The predicted octanol–water partition coefficient (Wildman–Crippen LogP) is 4.00. The number of amides is 1. The van der Waals surface area contributed by atoms with E-state index >= 15 is 0 Å². The summed E-state index contributed by atoms with van der Waals surface area (Å²) in [5.41, 5.74) is 1.54. The predicted molar refractivity (Wildman–Crippen MR) is 88.9 cm³/mol. The monoisotopic (exact) mass is 343 g/mol. The largest absolute Gasteiger partial charge is 0.478 e. The van der Waals surface area contributed by atoms with Crippen molar-refractivity contribution < 1.29 is 23.8 Å². The van der Waals surface area contributed by atoms with Crippen LogP contribution in [-0.4, -0.2) is 17.2 Å². The van der Waals surface area contributed by atoms with Crippen molar-refractivity contribution in [3.8, 4) is 0 Å². The summed E-state index contributed by atoms with van der Waals surface area (Å²) in [4.78, 5) is 23.5. The fraction of sp³-hybridized carbons (Fsp3) is 0.263. The van der Waals surface area contributed by atoms with E-state index in [0.717, 1.165) is 11.6 Å². The highest BCUT2D eigenvalue weighted by molar-refractivity contribution is 5.90. The fourth-order valence-corrected chi connectivity index (χ4v) is 3.30. The molecule has 1 aliphatic rings. The van der Waals surface area contributed by atoms with Crippen LogP contribution in [-0.2, 0) is 11.3 Å². The molecule has 0 unspecified atom stereocenters. The van der Waals surface area contributed by atoms with Crippen molar-refractivity contribution in [1.29, 1.82) is 0 Å². The number of rotatable bonds is 4. The molecule has 5 nitrogen and oxygen atoms in total. The van der Waals surface area contributed by atoms with Gasteiger partial charge < -0.3 is 15.2 Å². The third-order valence-corrected chi connectivity index (χ3v) is 4.40. The van der Waals surface area contributed by atoms with Gasteiger partial charge in [-0.05, 0) is 41.2 Å². The van der Waals surface area contributed by atoms with E-state index < -0.39 is 23.9 Å². The number of carbonyl (C=O) groups excluding carboxylic acids is 1. The molecule has 1 amide bonds. The van der Waals surface area contributed by atoms with Crippen LogP contribution in [0.1, 0.15) is 52.4 Å². The van der Waals surface area contributed by atoms with Crippen molar-refractivity contribution in [2.75, 3.05) is 0 Å². The van der Waals surface area contributed by atoms with E-state index in [1.807, 2.05) is 37.3 Å². The third-order valence-electron chi connectivity index (χ3n) is 4.40. The van der Waals surface area contributed by atoms with Crippen LogP contribution >= 0.6 is 0 Å². The first-order chi connectivity index (χ1) is 12.0. The summed E-state index contributed by atoms with van der Waals surface area (Å²) in [6.45, 7) is 1.92. The number of carboxylic acid groups (broad SMARTS) is 1. The van der Waals surface area contributed by atoms with Gasteiger partial charge in [0.15, 0.2) is 0 Å². The molecule has 2 aromatic carbocycles. The first-order valence-corrected chi connectivity index (χ1v) is 8.00. The second-order valence-corrected chi connectivity index (χ2v) is 6.12. The number of carbonyl (C=O) groups is 2. The normalized spacial score (nSPS) is 18.5. The SMILES string of the molecule is C[C@H]1C[C@H](NC(=O)OCc2ccccc2)c2c(C(=O)O)ccc(F)c21.